The van der Waals surface area contributed by atoms with E-state index in [9.17, 15) is 14.4 Å². The molecule has 0 amide bonds. The molecule has 0 bridgehead atoms. The van der Waals surface area contributed by atoms with Crippen molar-refractivity contribution in [2.45, 2.75) is 232 Å². The third-order valence-electron chi connectivity index (χ3n) is 10.9. The Morgan fingerprint density at radius 3 is 1.22 bits per heavy atom. The quantitative estimate of drug-likeness (QED) is 0.0199. The summed E-state index contributed by atoms with van der Waals surface area (Å²) in [6, 6.07) is 0. The van der Waals surface area contributed by atoms with E-state index in [-0.39, 0.29) is 44.0 Å². The van der Waals surface area contributed by atoms with E-state index in [1.54, 1.807) is 0 Å². The highest BCUT2D eigenvalue weighted by molar-refractivity contribution is 5.71. The second-order valence-corrected chi connectivity index (χ2v) is 17.2. The monoisotopic (exact) mass is 901 g/mol. The largest absolute Gasteiger partial charge is 0.462 e. The maximum Gasteiger partial charge on any atom is 0.306 e. The topological polar surface area (TPSA) is 78.9 Å². The molecule has 0 aromatic rings. The molecular weight excluding hydrogens is 805 g/mol. The number of unbranched alkanes of at least 4 members (excludes halogenated alkanes) is 22. The van der Waals surface area contributed by atoms with Gasteiger partial charge in [0.25, 0.3) is 0 Å². The molecule has 0 N–H and O–H groups in total. The Morgan fingerprint density at radius 2 is 0.692 bits per heavy atom. The van der Waals surface area contributed by atoms with Crippen LogP contribution in [0.1, 0.15) is 226 Å². The van der Waals surface area contributed by atoms with Crippen LogP contribution in [-0.2, 0) is 28.6 Å². The van der Waals surface area contributed by atoms with E-state index < -0.39 is 6.10 Å². The van der Waals surface area contributed by atoms with E-state index in [0.717, 1.165) is 57.8 Å². The van der Waals surface area contributed by atoms with Gasteiger partial charge in [-0.1, -0.05) is 233 Å². The third-order valence-corrected chi connectivity index (χ3v) is 10.9. The van der Waals surface area contributed by atoms with Crippen LogP contribution in [0.15, 0.2) is 109 Å². The van der Waals surface area contributed by atoms with Crippen LogP contribution < -0.4 is 0 Å². The van der Waals surface area contributed by atoms with Crippen LogP contribution in [0.2, 0.25) is 0 Å². The molecule has 0 saturated heterocycles. The Hall–Kier alpha value is -3.93. The fourth-order valence-electron chi connectivity index (χ4n) is 6.92. The summed E-state index contributed by atoms with van der Waals surface area (Å²) in [5.74, 6) is -1.04. The molecule has 0 saturated carbocycles. The number of rotatable bonds is 46. The Kier molecular flexibility index (Phi) is 49.5. The fourth-order valence-corrected chi connectivity index (χ4v) is 6.92. The van der Waals surface area contributed by atoms with Crippen LogP contribution in [0, 0.1) is 0 Å². The van der Waals surface area contributed by atoms with Gasteiger partial charge in [0.05, 0.1) is 0 Å². The molecule has 0 heterocycles. The second-order valence-electron chi connectivity index (χ2n) is 17.2. The molecule has 6 nitrogen and oxygen atoms in total. The van der Waals surface area contributed by atoms with E-state index >= 15 is 0 Å². The summed E-state index contributed by atoms with van der Waals surface area (Å²) in [4.78, 5) is 38.0. The molecule has 0 aliphatic carbocycles. The normalized spacial score (nSPS) is 13.0. The zero-order chi connectivity index (χ0) is 47.2. The van der Waals surface area contributed by atoms with Crippen molar-refractivity contribution >= 4 is 17.9 Å². The Morgan fingerprint density at radius 1 is 0.338 bits per heavy atom. The lowest BCUT2D eigenvalue weighted by molar-refractivity contribution is -0.166. The van der Waals surface area contributed by atoms with Crippen LogP contribution in [0.3, 0.4) is 0 Å². The minimum Gasteiger partial charge on any atom is -0.462 e. The van der Waals surface area contributed by atoms with Crippen molar-refractivity contribution in [3.63, 3.8) is 0 Å². The molecule has 368 valence electrons. The molecule has 0 aliphatic rings. The molecule has 0 fully saturated rings. The Bertz CT molecular complexity index is 1360. The van der Waals surface area contributed by atoms with Gasteiger partial charge in [-0.15, -0.1) is 0 Å². The first-order valence-electron chi connectivity index (χ1n) is 26.5. The average Bonchev–Trinajstić information content (AvgIpc) is 3.30. The number of carbonyl (C=O) groups is 3. The number of ether oxygens (including phenoxy) is 3. The van der Waals surface area contributed by atoms with Gasteiger partial charge in [0, 0.05) is 19.3 Å². The minimum absolute atomic E-state index is 0.116. The number of allylic oxidation sites excluding steroid dienone is 18. The molecule has 0 rings (SSSR count). The van der Waals surface area contributed by atoms with Crippen molar-refractivity contribution in [1.29, 1.82) is 0 Å². The van der Waals surface area contributed by atoms with Crippen LogP contribution >= 0.6 is 0 Å². The molecule has 0 aliphatic heterocycles. The maximum atomic E-state index is 12.8. The Balaban J connectivity index is 4.50. The SMILES string of the molecule is CC\C=C/C=C\C=C/C=C\C=C/CCCCCC(=O)OC(COC(=O)CC/C=C\C/C=C\CCCCCCCC)COC(=O)CCCCCCCCCCCC/C=C\C=C/CCCCC. The number of carbonyl (C=O) groups excluding carboxylic acids is 3. The Labute approximate surface area is 400 Å². The molecule has 1 unspecified atom stereocenters. The van der Waals surface area contributed by atoms with E-state index in [1.807, 2.05) is 54.7 Å². The zero-order valence-corrected chi connectivity index (χ0v) is 42.0. The van der Waals surface area contributed by atoms with E-state index in [0.29, 0.717) is 19.3 Å². The smallest absolute Gasteiger partial charge is 0.306 e. The van der Waals surface area contributed by atoms with E-state index in [1.165, 1.54) is 116 Å². The summed E-state index contributed by atoms with van der Waals surface area (Å²) >= 11 is 0. The van der Waals surface area contributed by atoms with Crippen molar-refractivity contribution in [2.75, 3.05) is 13.2 Å². The van der Waals surface area contributed by atoms with Crippen LogP contribution in [0.5, 0.6) is 0 Å². The van der Waals surface area contributed by atoms with Gasteiger partial charge in [-0.2, -0.15) is 0 Å². The number of esters is 3. The predicted molar refractivity (Wildman–Crippen MR) is 279 cm³/mol. The first kappa shape index (κ1) is 61.1. The second kappa shape index (κ2) is 52.7. The van der Waals surface area contributed by atoms with Gasteiger partial charge in [0.15, 0.2) is 6.10 Å². The van der Waals surface area contributed by atoms with Gasteiger partial charge in [-0.05, 0) is 83.5 Å². The lowest BCUT2D eigenvalue weighted by Gasteiger charge is -2.18. The van der Waals surface area contributed by atoms with Gasteiger partial charge >= 0.3 is 17.9 Å². The number of hydrogen-bond donors (Lipinski definition) is 0. The predicted octanol–water partition coefficient (Wildman–Crippen LogP) is 17.5. The molecular formula is C59H96O6. The summed E-state index contributed by atoms with van der Waals surface area (Å²) in [5, 5.41) is 0. The highest BCUT2D eigenvalue weighted by atomic mass is 16.6. The molecule has 65 heavy (non-hydrogen) atoms. The van der Waals surface area contributed by atoms with Crippen molar-refractivity contribution in [3.8, 4) is 0 Å². The van der Waals surface area contributed by atoms with Crippen LogP contribution in [0.25, 0.3) is 0 Å². The molecule has 6 heteroatoms. The van der Waals surface area contributed by atoms with Crippen molar-refractivity contribution in [1.82, 2.24) is 0 Å². The van der Waals surface area contributed by atoms with E-state index in [2.05, 4.69) is 75.5 Å². The summed E-state index contributed by atoms with van der Waals surface area (Å²) in [6.45, 7) is 6.36. The first-order chi connectivity index (χ1) is 32.0. The molecule has 0 radical (unpaired) electrons. The molecule has 0 aromatic heterocycles. The van der Waals surface area contributed by atoms with Crippen LogP contribution in [-0.4, -0.2) is 37.2 Å². The molecule has 1 atom stereocenters. The van der Waals surface area contributed by atoms with Crippen molar-refractivity contribution in [3.05, 3.63) is 109 Å². The van der Waals surface area contributed by atoms with Gasteiger partial charge < -0.3 is 14.2 Å². The van der Waals surface area contributed by atoms with Gasteiger partial charge in [0.2, 0.25) is 0 Å². The third kappa shape index (κ3) is 50.9. The van der Waals surface area contributed by atoms with Gasteiger partial charge in [0.1, 0.15) is 13.2 Å². The molecule has 0 aromatic carbocycles. The highest BCUT2D eigenvalue weighted by Gasteiger charge is 2.19. The minimum atomic E-state index is -0.825. The lowest BCUT2D eigenvalue weighted by Crippen LogP contribution is -2.30. The summed E-state index contributed by atoms with van der Waals surface area (Å²) in [5.41, 5.74) is 0. The standard InChI is InChI=1S/C59H96O6/c1-4-7-10-13-16-19-22-25-27-28-29-30-32-34-37-40-43-46-49-52-58(61)64-55-56(54-63-57(60)51-48-45-42-39-36-33-24-21-18-15-12-9-6-3)65-59(62)53-50-47-44-41-38-35-31-26-23-20-17-14-11-8-5-2/h8,11,14,16-17,19-20,22-23,25-26,31,33,35-36,38,42,45,56H,4-7,9-10,12-13,15,18,21,24,27-30,32,34,37,39-41,43-44,46-55H2,1-3H3/b11-8-,17-14-,19-16-,23-20-,25-22-,31-26-,36-33-,38-35-,45-42-. The van der Waals surface area contributed by atoms with Gasteiger partial charge in [-0.25, -0.2) is 0 Å². The highest BCUT2D eigenvalue weighted by Crippen LogP contribution is 2.14. The summed E-state index contributed by atoms with van der Waals surface area (Å²) in [6.07, 6.45) is 70.8. The summed E-state index contributed by atoms with van der Waals surface area (Å²) in [7, 11) is 0. The first-order valence-corrected chi connectivity index (χ1v) is 26.5. The maximum absolute atomic E-state index is 12.8. The van der Waals surface area contributed by atoms with Crippen LogP contribution in [0.4, 0.5) is 0 Å². The van der Waals surface area contributed by atoms with Gasteiger partial charge in [-0.3, -0.25) is 14.4 Å². The number of hydrogen-bond acceptors (Lipinski definition) is 6. The zero-order valence-electron chi connectivity index (χ0n) is 42.0. The lowest BCUT2D eigenvalue weighted by atomic mass is 10.1. The average molecular weight is 901 g/mol. The van der Waals surface area contributed by atoms with E-state index in [4.69, 9.17) is 14.2 Å². The molecule has 0 spiro atoms. The fraction of sp³-hybridized carbons (Fsp3) is 0.644. The van der Waals surface area contributed by atoms with Crippen molar-refractivity contribution in [2.24, 2.45) is 0 Å². The summed E-state index contributed by atoms with van der Waals surface area (Å²) < 4.78 is 16.7. The van der Waals surface area contributed by atoms with Crippen molar-refractivity contribution < 1.29 is 28.6 Å².